The van der Waals surface area contributed by atoms with Crippen LogP contribution in [-0.4, -0.2) is 132 Å². The molecule has 7 aliphatic rings. The van der Waals surface area contributed by atoms with Gasteiger partial charge in [0.05, 0.1) is 11.5 Å². The molecule has 5 aliphatic carbocycles. The van der Waals surface area contributed by atoms with Gasteiger partial charge in [-0.15, -0.1) is 0 Å². The van der Waals surface area contributed by atoms with Gasteiger partial charge in [0.25, 0.3) is 0 Å². The van der Waals surface area contributed by atoms with Crippen molar-refractivity contribution in [3.05, 3.63) is 11.6 Å². The highest BCUT2D eigenvalue weighted by molar-refractivity contribution is 5.95. The second-order valence-corrected chi connectivity index (χ2v) is 20.6. The average molecular weight is 823 g/mol. The van der Waals surface area contributed by atoms with E-state index >= 15 is 0 Å². The first-order valence-electron chi connectivity index (χ1n) is 20.7. The van der Waals surface area contributed by atoms with Crippen LogP contribution in [0.2, 0.25) is 0 Å². The minimum atomic E-state index is -2.05. The first kappa shape index (κ1) is 43.5. The van der Waals surface area contributed by atoms with E-state index in [1.807, 2.05) is 26.8 Å². The molecule has 19 atom stereocenters. The van der Waals surface area contributed by atoms with Crippen LogP contribution < -0.4 is 0 Å². The van der Waals surface area contributed by atoms with E-state index in [9.17, 15) is 60.0 Å². The number of carbonyl (C=O) groups is 4. The van der Waals surface area contributed by atoms with Crippen LogP contribution in [0.25, 0.3) is 0 Å². The van der Waals surface area contributed by atoms with E-state index in [0.29, 0.717) is 25.7 Å². The third-order valence-electron chi connectivity index (χ3n) is 17.2. The van der Waals surface area contributed by atoms with Gasteiger partial charge in [0, 0.05) is 5.92 Å². The van der Waals surface area contributed by atoms with Gasteiger partial charge < -0.3 is 59.8 Å². The van der Waals surface area contributed by atoms with E-state index in [4.69, 9.17) is 18.9 Å². The maximum Gasteiger partial charge on any atom is 0.335 e. The monoisotopic (exact) mass is 822 g/mol. The van der Waals surface area contributed by atoms with E-state index in [0.717, 1.165) is 37.7 Å². The molecule has 16 nitrogen and oxygen atoms in total. The van der Waals surface area contributed by atoms with Crippen molar-refractivity contribution < 1.29 is 79.0 Å². The third-order valence-corrected chi connectivity index (χ3v) is 17.2. The lowest BCUT2D eigenvalue weighted by atomic mass is 9.33. The summed E-state index contributed by atoms with van der Waals surface area (Å²) < 4.78 is 23.4. The summed E-state index contributed by atoms with van der Waals surface area (Å²) in [5.74, 6) is -4.47. The lowest BCUT2D eigenvalue weighted by Gasteiger charge is -2.70. The second-order valence-electron chi connectivity index (χ2n) is 20.6. The molecule has 8 N–H and O–H groups in total. The molecule has 0 amide bonds. The number of carbonyl (C=O) groups excluding carboxylic acids is 1. The van der Waals surface area contributed by atoms with E-state index in [1.54, 1.807) is 0 Å². The molecular weight excluding hydrogens is 760 g/mol. The minimum absolute atomic E-state index is 0.0217. The van der Waals surface area contributed by atoms with Gasteiger partial charge in [-0.3, -0.25) is 9.59 Å². The van der Waals surface area contributed by atoms with Crippen molar-refractivity contribution in [1.82, 2.24) is 0 Å². The number of aliphatic hydroxyl groups is 5. The second kappa shape index (κ2) is 14.3. The van der Waals surface area contributed by atoms with E-state index in [-0.39, 0.29) is 34.4 Å². The Kier molecular flexibility index (Phi) is 10.7. The fourth-order valence-corrected chi connectivity index (χ4v) is 13.4. The number of aliphatic hydroxyl groups excluding tert-OH is 5. The van der Waals surface area contributed by atoms with Gasteiger partial charge in [0.1, 0.15) is 36.6 Å². The van der Waals surface area contributed by atoms with E-state index in [1.165, 1.54) is 0 Å². The highest BCUT2D eigenvalue weighted by atomic mass is 16.8. The van der Waals surface area contributed by atoms with Gasteiger partial charge in [-0.2, -0.15) is 0 Å². The van der Waals surface area contributed by atoms with Crippen molar-refractivity contribution in [3.8, 4) is 0 Å². The third kappa shape index (κ3) is 6.25. The van der Waals surface area contributed by atoms with Crippen LogP contribution in [0.5, 0.6) is 0 Å². The molecule has 4 saturated carbocycles. The number of hydrogen-bond donors (Lipinski definition) is 8. The van der Waals surface area contributed by atoms with Crippen molar-refractivity contribution >= 4 is 23.7 Å². The molecule has 0 aromatic rings. The van der Waals surface area contributed by atoms with Gasteiger partial charge in [-0.05, 0) is 110 Å². The molecule has 0 radical (unpaired) electrons. The van der Waals surface area contributed by atoms with Gasteiger partial charge in [0.15, 0.2) is 30.6 Å². The molecule has 58 heavy (non-hydrogen) atoms. The predicted molar refractivity (Wildman–Crippen MR) is 199 cm³/mol. The lowest BCUT2D eigenvalue weighted by molar-refractivity contribution is -0.371. The lowest BCUT2D eigenvalue weighted by Crippen LogP contribution is -2.68. The Labute approximate surface area is 337 Å². The topological polar surface area (TPSA) is 267 Å². The number of carboxylic acid groups (broad SMARTS) is 3. The number of fused-ring (bicyclic) bond motifs is 7. The molecule has 2 aliphatic heterocycles. The molecule has 0 spiro atoms. The standard InChI is InChI=1S/C42H62O16/c1-37(2)21-8-11-42(7)31(20(43)16-18-19-17-39(4,36(53)54)13-12-38(19,3)14-15-41(18,42)6)40(21,5)10-9-22(37)55-35-30(26(47)25(46)29(57-35)33(51)52)58-34-27(48)23(44)24(45)28(56-34)32(49)50/h16,19,21-31,34-35,44-48H,8-15,17H2,1-7H3,(H,49,50)(H,51,52)(H,53,54)/t19-,21-,22-,23+,24-,25-,26+,27+,28+,29+,30+,31-,34+,35-,38-,39+,40+,41-,42-/m1/s1. The van der Waals surface area contributed by atoms with Crippen molar-refractivity contribution in [2.75, 3.05) is 0 Å². The fourth-order valence-electron chi connectivity index (χ4n) is 13.4. The molecule has 16 heteroatoms. The fraction of sp³-hybridized carbons (Fsp3) is 0.857. The Morgan fingerprint density at radius 2 is 1.28 bits per heavy atom. The normalized spacial score (nSPS) is 52.6. The quantitative estimate of drug-likeness (QED) is 0.171. The largest absolute Gasteiger partial charge is 0.481 e. The summed E-state index contributed by atoms with van der Waals surface area (Å²) in [6.07, 6.45) is -12.2. The summed E-state index contributed by atoms with van der Waals surface area (Å²) in [6, 6.07) is 0. The number of aliphatic carboxylic acids is 3. The number of ketones is 1. The van der Waals surface area contributed by atoms with E-state index in [2.05, 4.69) is 27.7 Å². The number of ether oxygens (including phenoxy) is 4. The molecule has 7 rings (SSSR count). The van der Waals surface area contributed by atoms with Crippen molar-refractivity contribution in [1.29, 1.82) is 0 Å². The first-order valence-corrected chi connectivity index (χ1v) is 20.7. The summed E-state index contributed by atoms with van der Waals surface area (Å²) in [7, 11) is 0. The zero-order valence-electron chi connectivity index (χ0n) is 34.4. The minimum Gasteiger partial charge on any atom is -0.481 e. The summed E-state index contributed by atoms with van der Waals surface area (Å²) in [4.78, 5) is 51.3. The molecule has 0 bridgehead atoms. The van der Waals surface area contributed by atoms with Crippen molar-refractivity contribution in [2.45, 2.75) is 174 Å². The smallest absolute Gasteiger partial charge is 0.335 e. The number of hydrogen-bond acceptors (Lipinski definition) is 13. The van der Waals surface area contributed by atoms with Crippen molar-refractivity contribution in [2.24, 2.45) is 50.2 Å². The highest BCUT2D eigenvalue weighted by Gasteiger charge is 2.71. The predicted octanol–water partition coefficient (Wildman–Crippen LogP) is 2.25. The van der Waals surface area contributed by atoms with Crippen LogP contribution >= 0.6 is 0 Å². The Balaban J connectivity index is 1.17. The maximum absolute atomic E-state index is 14.8. The summed E-state index contributed by atoms with van der Waals surface area (Å²) in [5.41, 5.74) is -1.81. The van der Waals surface area contributed by atoms with Crippen LogP contribution in [0, 0.1) is 50.2 Å². The van der Waals surface area contributed by atoms with Crippen molar-refractivity contribution in [3.63, 3.8) is 0 Å². The van der Waals surface area contributed by atoms with Gasteiger partial charge >= 0.3 is 17.9 Å². The number of rotatable bonds is 7. The average Bonchev–Trinajstić information content (AvgIpc) is 3.13. The SMILES string of the molecule is CC1(C)[C@H]2CC[C@]3(C)[C@H](C(=O)C=C4[C@H]5C[C@@](C)(C(=O)O)CC[C@]5(C)CC[C@]43C)[C@@]2(C)CC[C@H]1O[C@@H]1O[C@H](C(=O)O)[C@H](O)[C@H](O)[C@@H]1O[C@@H]1O[C@H](C(=O)O)[C@H](O)[C@H](O)[C@@H]1O. The number of carboxylic acids is 3. The van der Waals surface area contributed by atoms with Gasteiger partial charge in [-0.1, -0.05) is 47.1 Å². The Bertz CT molecular complexity index is 1730. The summed E-state index contributed by atoms with van der Waals surface area (Å²) >= 11 is 0. The molecule has 0 aromatic heterocycles. The Hall–Kier alpha value is -2.54. The highest BCUT2D eigenvalue weighted by Crippen LogP contribution is 2.75. The van der Waals surface area contributed by atoms with E-state index < -0.39 is 107 Å². The first-order chi connectivity index (χ1) is 26.8. The van der Waals surface area contributed by atoms with Crippen LogP contribution in [0.4, 0.5) is 0 Å². The van der Waals surface area contributed by atoms with Crippen LogP contribution in [0.3, 0.4) is 0 Å². The number of allylic oxidation sites excluding steroid dienone is 2. The van der Waals surface area contributed by atoms with Crippen LogP contribution in [-0.2, 0) is 38.1 Å². The molecule has 2 heterocycles. The Morgan fingerprint density at radius 1 is 0.690 bits per heavy atom. The zero-order chi connectivity index (χ0) is 42.9. The van der Waals surface area contributed by atoms with Gasteiger partial charge in [0.2, 0.25) is 0 Å². The molecule has 0 unspecified atom stereocenters. The zero-order valence-corrected chi connectivity index (χ0v) is 34.4. The molecule has 2 saturated heterocycles. The van der Waals surface area contributed by atoms with Crippen LogP contribution in [0.1, 0.15) is 106 Å². The maximum atomic E-state index is 14.8. The molecule has 326 valence electrons. The van der Waals surface area contributed by atoms with Gasteiger partial charge in [-0.25, -0.2) is 9.59 Å². The summed E-state index contributed by atoms with van der Waals surface area (Å²) in [5, 5.41) is 83.0. The molecular formula is C42H62O16. The molecule has 6 fully saturated rings. The Morgan fingerprint density at radius 3 is 1.88 bits per heavy atom. The molecule has 0 aromatic carbocycles. The van der Waals surface area contributed by atoms with Crippen LogP contribution in [0.15, 0.2) is 11.6 Å². The summed E-state index contributed by atoms with van der Waals surface area (Å²) in [6.45, 7) is 14.8.